The molecule has 0 fully saturated rings. The number of rotatable bonds is 4. The van der Waals surface area contributed by atoms with Crippen LogP contribution in [-0.4, -0.2) is 40.7 Å². The smallest absolute Gasteiger partial charge is 0.422 e. The van der Waals surface area contributed by atoms with Gasteiger partial charge >= 0.3 is 6.18 Å². The van der Waals surface area contributed by atoms with Gasteiger partial charge in [-0.1, -0.05) is 17.7 Å². The van der Waals surface area contributed by atoms with Crippen molar-refractivity contribution in [1.29, 1.82) is 0 Å². The quantitative estimate of drug-likeness (QED) is 0.779. The van der Waals surface area contributed by atoms with E-state index in [1.54, 1.807) is 24.0 Å². The number of pyridine rings is 1. The van der Waals surface area contributed by atoms with E-state index >= 15 is 0 Å². The van der Waals surface area contributed by atoms with Crippen molar-refractivity contribution in [1.82, 2.24) is 15.2 Å². The number of ether oxygens (including phenoxy) is 1. The third-order valence-electron chi connectivity index (χ3n) is 4.74. The minimum Gasteiger partial charge on any atom is -0.469 e. The molecule has 2 aliphatic heterocycles. The number of fused-ring (bicyclic) bond motifs is 1. The maximum absolute atomic E-state index is 12.7. The lowest BCUT2D eigenvalue weighted by molar-refractivity contribution is -0.166. The Kier molecular flexibility index (Phi) is 5.12. The summed E-state index contributed by atoms with van der Waals surface area (Å²) in [6.07, 6.45) is -1.14. The Morgan fingerprint density at radius 2 is 2.19 bits per heavy atom. The van der Waals surface area contributed by atoms with Crippen LogP contribution in [-0.2, 0) is 11.3 Å². The molecule has 2 unspecified atom stereocenters. The van der Waals surface area contributed by atoms with Gasteiger partial charge in [0.15, 0.2) is 12.5 Å². The topological polar surface area (TPSA) is 54.5 Å². The molecule has 2 atom stereocenters. The average molecular weight is 402 g/mol. The van der Waals surface area contributed by atoms with Gasteiger partial charge in [-0.3, -0.25) is 4.79 Å². The third-order valence-corrected chi connectivity index (χ3v) is 5.07. The van der Waals surface area contributed by atoms with Gasteiger partial charge in [0.2, 0.25) is 0 Å². The van der Waals surface area contributed by atoms with Crippen molar-refractivity contribution in [3.63, 3.8) is 0 Å². The lowest BCUT2D eigenvalue weighted by Gasteiger charge is -2.34. The predicted octanol–water partition coefficient (Wildman–Crippen LogP) is 3.81. The summed E-state index contributed by atoms with van der Waals surface area (Å²) < 4.78 is 42.1. The Balaban J connectivity index is 1.81. The number of halogens is 4. The summed E-state index contributed by atoms with van der Waals surface area (Å²) in [5, 5.41) is 3.26. The fraction of sp³-hybridized carbons (Fsp3) is 0.444. The van der Waals surface area contributed by atoms with Crippen LogP contribution >= 0.6 is 11.6 Å². The first-order chi connectivity index (χ1) is 12.6. The Hall–Kier alpha value is -2.22. The SMILES string of the molecule is CC1=C(OCC(F)(F)F)NC(C)C(C(C)N2Cc3c(ccnc3Cl)C2=O)=C1. The number of nitrogens with zero attached hydrogens (tertiary/aromatic N) is 2. The molecule has 5 nitrogen and oxygen atoms in total. The van der Waals surface area contributed by atoms with E-state index in [2.05, 4.69) is 10.3 Å². The van der Waals surface area contributed by atoms with Gasteiger partial charge in [0, 0.05) is 28.9 Å². The van der Waals surface area contributed by atoms with Gasteiger partial charge < -0.3 is 15.0 Å². The Labute approximate surface area is 159 Å². The fourth-order valence-electron chi connectivity index (χ4n) is 3.33. The van der Waals surface area contributed by atoms with E-state index in [0.717, 1.165) is 5.57 Å². The van der Waals surface area contributed by atoms with E-state index < -0.39 is 12.8 Å². The zero-order valence-corrected chi connectivity index (χ0v) is 15.8. The number of hydrogen-bond acceptors (Lipinski definition) is 4. The lowest BCUT2D eigenvalue weighted by Crippen LogP contribution is -2.43. The predicted molar refractivity (Wildman–Crippen MR) is 94.0 cm³/mol. The molecule has 0 radical (unpaired) electrons. The molecule has 3 heterocycles. The standard InChI is InChI=1S/C18H19ClF3N3O2/c1-9-6-13(10(2)24-16(9)27-8-18(20,21)22)11(3)25-7-14-12(17(25)26)4-5-23-15(14)19/h4-6,10-11,24H,7-8H2,1-3H3. The maximum Gasteiger partial charge on any atom is 0.422 e. The van der Waals surface area contributed by atoms with Crippen LogP contribution in [0.5, 0.6) is 0 Å². The second-order valence-electron chi connectivity index (χ2n) is 6.66. The van der Waals surface area contributed by atoms with E-state index in [0.29, 0.717) is 28.4 Å². The zero-order chi connectivity index (χ0) is 19.9. The molecule has 146 valence electrons. The number of allylic oxidation sites excluding steroid dienone is 2. The minimum absolute atomic E-state index is 0.0963. The van der Waals surface area contributed by atoms with Crippen molar-refractivity contribution in [2.45, 2.75) is 45.6 Å². The van der Waals surface area contributed by atoms with Crippen molar-refractivity contribution in [2.24, 2.45) is 0 Å². The molecule has 1 N–H and O–H groups in total. The zero-order valence-electron chi connectivity index (χ0n) is 15.0. The Morgan fingerprint density at radius 1 is 1.48 bits per heavy atom. The molecule has 2 aliphatic rings. The second kappa shape index (κ2) is 7.07. The summed E-state index contributed by atoms with van der Waals surface area (Å²) in [5.74, 6) is -0.0466. The molecule has 0 bridgehead atoms. The van der Waals surface area contributed by atoms with Crippen molar-refractivity contribution in [3.8, 4) is 0 Å². The van der Waals surface area contributed by atoms with E-state index in [1.807, 2.05) is 13.8 Å². The highest BCUT2D eigenvalue weighted by atomic mass is 35.5. The van der Waals surface area contributed by atoms with Crippen LogP contribution in [0.4, 0.5) is 13.2 Å². The number of aromatic nitrogens is 1. The summed E-state index contributed by atoms with van der Waals surface area (Å²) in [5.41, 5.74) is 2.63. The minimum atomic E-state index is -4.41. The number of carbonyl (C=O) groups is 1. The van der Waals surface area contributed by atoms with Crippen molar-refractivity contribution in [2.75, 3.05) is 6.61 Å². The molecule has 1 amide bonds. The van der Waals surface area contributed by atoms with Gasteiger partial charge in [0.1, 0.15) is 5.15 Å². The highest BCUT2D eigenvalue weighted by molar-refractivity contribution is 6.30. The number of dihydropyridines is 1. The molecule has 0 aromatic carbocycles. The summed E-state index contributed by atoms with van der Waals surface area (Å²) >= 11 is 6.10. The maximum atomic E-state index is 12.7. The summed E-state index contributed by atoms with van der Waals surface area (Å²) in [7, 11) is 0. The first-order valence-electron chi connectivity index (χ1n) is 8.41. The molecule has 0 aliphatic carbocycles. The van der Waals surface area contributed by atoms with Gasteiger partial charge in [0.25, 0.3) is 5.91 Å². The van der Waals surface area contributed by atoms with E-state index in [4.69, 9.17) is 16.3 Å². The van der Waals surface area contributed by atoms with Crippen LogP contribution in [0, 0.1) is 0 Å². The molecule has 1 aromatic heterocycles. The molecule has 0 spiro atoms. The number of hydrogen-bond donors (Lipinski definition) is 1. The van der Waals surface area contributed by atoms with Gasteiger partial charge in [-0.2, -0.15) is 13.2 Å². The van der Waals surface area contributed by atoms with Crippen LogP contribution in [0.1, 0.15) is 36.7 Å². The Morgan fingerprint density at radius 3 is 2.81 bits per heavy atom. The van der Waals surface area contributed by atoms with E-state index in [-0.39, 0.29) is 23.9 Å². The van der Waals surface area contributed by atoms with Crippen LogP contribution in [0.2, 0.25) is 5.15 Å². The fourth-order valence-corrected chi connectivity index (χ4v) is 3.55. The van der Waals surface area contributed by atoms with Gasteiger partial charge in [-0.05, 0) is 32.4 Å². The van der Waals surface area contributed by atoms with Crippen molar-refractivity contribution < 1.29 is 22.7 Å². The Bertz CT molecular complexity index is 836. The van der Waals surface area contributed by atoms with Crippen LogP contribution < -0.4 is 5.32 Å². The molecule has 9 heteroatoms. The molecule has 1 aromatic rings. The second-order valence-corrected chi connectivity index (χ2v) is 7.02. The van der Waals surface area contributed by atoms with Crippen molar-refractivity contribution in [3.05, 3.63) is 51.6 Å². The molecule has 27 heavy (non-hydrogen) atoms. The first kappa shape index (κ1) is 19.5. The number of carbonyl (C=O) groups excluding carboxylic acids is 1. The molecule has 3 rings (SSSR count). The summed E-state index contributed by atoms with van der Waals surface area (Å²) in [4.78, 5) is 18.4. The number of amides is 1. The largest absolute Gasteiger partial charge is 0.469 e. The lowest BCUT2D eigenvalue weighted by atomic mass is 9.95. The van der Waals surface area contributed by atoms with E-state index in [9.17, 15) is 18.0 Å². The molecular weight excluding hydrogens is 383 g/mol. The third kappa shape index (κ3) is 3.90. The monoisotopic (exact) mass is 401 g/mol. The number of nitrogens with one attached hydrogen (secondary N) is 1. The molecule has 0 saturated heterocycles. The molecular formula is C18H19ClF3N3O2. The van der Waals surface area contributed by atoms with Gasteiger partial charge in [-0.15, -0.1) is 0 Å². The normalized spacial score (nSPS) is 21.0. The van der Waals surface area contributed by atoms with E-state index in [1.165, 1.54) is 6.20 Å². The van der Waals surface area contributed by atoms with Crippen LogP contribution in [0.25, 0.3) is 0 Å². The number of alkyl halides is 3. The van der Waals surface area contributed by atoms with Crippen LogP contribution in [0.15, 0.2) is 35.4 Å². The van der Waals surface area contributed by atoms with Gasteiger partial charge in [0.05, 0.1) is 12.6 Å². The summed E-state index contributed by atoms with van der Waals surface area (Å²) in [6, 6.07) is 1.07. The van der Waals surface area contributed by atoms with Gasteiger partial charge in [-0.25, -0.2) is 4.98 Å². The highest BCUT2D eigenvalue weighted by Crippen LogP contribution is 2.32. The van der Waals surface area contributed by atoms with Crippen LogP contribution in [0.3, 0.4) is 0 Å². The first-order valence-corrected chi connectivity index (χ1v) is 8.79. The highest BCUT2D eigenvalue weighted by Gasteiger charge is 2.36. The average Bonchev–Trinajstić information content (AvgIpc) is 2.92. The van der Waals surface area contributed by atoms with Crippen molar-refractivity contribution >= 4 is 17.5 Å². The molecule has 0 saturated carbocycles. The summed E-state index contributed by atoms with van der Waals surface area (Å²) in [6.45, 7) is 4.34.